The summed E-state index contributed by atoms with van der Waals surface area (Å²) in [5.41, 5.74) is -1.23. The number of Topliss-reactive ketones (excluding diaryl/α,β-unsaturated/α-hetero) is 1. The van der Waals surface area contributed by atoms with E-state index in [-0.39, 0.29) is 51.1 Å². The number of alkyl halides is 1. The molecule has 44 heavy (non-hydrogen) atoms. The van der Waals surface area contributed by atoms with E-state index >= 15 is 4.39 Å². The Morgan fingerprint density at radius 1 is 1.16 bits per heavy atom. The minimum absolute atomic E-state index is 0.121. The molecule has 3 fully saturated rings. The Morgan fingerprint density at radius 2 is 1.84 bits per heavy atom. The number of nitrogens with zero attached hydrogens (tertiary/aromatic N) is 1. The van der Waals surface area contributed by atoms with E-state index in [1.807, 2.05) is 0 Å². The number of hydrogen-bond acceptors (Lipinski definition) is 13. The molecule has 0 spiro atoms. The maximum Gasteiger partial charge on any atom is 0.323 e. The van der Waals surface area contributed by atoms with Crippen LogP contribution in [0.15, 0.2) is 23.8 Å². The van der Waals surface area contributed by atoms with E-state index in [9.17, 15) is 44.6 Å². The lowest BCUT2D eigenvalue weighted by Gasteiger charge is -2.62. The zero-order valence-electron chi connectivity index (χ0n) is 24.6. The zero-order valence-corrected chi connectivity index (χ0v) is 24.6. The zero-order chi connectivity index (χ0) is 32.7. The minimum atomic E-state index is -2.48. The Bertz CT molecular complexity index is 1270. The quantitative estimate of drug-likeness (QED) is 0.0998. The van der Waals surface area contributed by atoms with Crippen LogP contribution in [0.2, 0.25) is 0 Å². The van der Waals surface area contributed by atoms with Crippen LogP contribution in [0.4, 0.5) is 4.39 Å². The second kappa shape index (κ2) is 12.3. The summed E-state index contributed by atoms with van der Waals surface area (Å²) in [4.78, 5) is 64.1. The molecule has 0 amide bonds. The lowest BCUT2D eigenvalue weighted by molar-refractivity contribution is -0.757. The summed E-state index contributed by atoms with van der Waals surface area (Å²) >= 11 is 0. The second-order valence-electron chi connectivity index (χ2n) is 12.6. The molecule has 0 heterocycles. The average Bonchev–Trinajstić information content (AvgIpc) is 3.15. The maximum atomic E-state index is 17.2. The number of carbonyl (C=O) groups is 4. The highest BCUT2D eigenvalue weighted by molar-refractivity contribution is 6.01. The van der Waals surface area contributed by atoms with Crippen LogP contribution in [0.1, 0.15) is 58.8 Å². The molecule has 0 aromatic heterocycles. The van der Waals surface area contributed by atoms with Gasteiger partial charge in [0, 0.05) is 16.7 Å². The number of halogens is 1. The molecule has 4 rings (SSSR count). The van der Waals surface area contributed by atoms with Crippen molar-refractivity contribution in [3.8, 4) is 0 Å². The van der Waals surface area contributed by atoms with Crippen molar-refractivity contribution >= 4 is 23.5 Å². The lowest BCUT2D eigenvalue weighted by Crippen LogP contribution is -2.69. The first kappa shape index (κ1) is 33.6. The van der Waals surface area contributed by atoms with Gasteiger partial charge in [-0.1, -0.05) is 18.6 Å². The van der Waals surface area contributed by atoms with Crippen molar-refractivity contribution in [3.05, 3.63) is 33.9 Å². The molecule has 4 aliphatic rings. The summed E-state index contributed by atoms with van der Waals surface area (Å²) < 4.78 is 27.1. The van der Waals surface area contributed by atoms with Crippen LogP contribution in [-0.2, 0) is 33.5 Å². The van der Waals surface area contributed by atoms with E-state index in [2.05, 4.69) is 4.84 Å². The van der Waals surface area contributed by atoms with Gasteiger partial charge >= 0.3 is 11.9 Å². The minimum Gasteiger partial charge on any atom is -0.465 e. The first-order valence-electron chi connectivity index (χ1n) is 14.6. The van der Waals surface area contributed by atoms with Gasteiger partial charge in [-0.25, -0.2) is 4.39 Å². The van der Waals surface area contributed by atoms with Gasteiger partial charge in [0.15, 0.2) is 23.7 Å². The lowest BCUT2D eigenvalue weighted by atomic mass is 9.44. The maximum absolute atomic E-state index is 17.2. The molecule has 244 valence electrons. The molecular formula is C29H39FN2O12. The summed E-state index contributed by atoms with van der Waals surface area (Å²) in [5, 5.41) is 43.3. The number of rotatable bonds is 12. The average molecular weight is 627 g/mol. The van der Waals surface area contributed by atoms with Gasteiger partial charge in [-0.15, -0.1) is 10.1 Å². The molecule has 0 aliphatic heterocycles. The Hall–Kier alpha value is -3.27. The van der Waals surface area contributed by atoms with Gasteiger partial charge in [-0.05, 0) is 63.5 Å². The third-order valence-electron chi connectivity index (χ3n) is 10.3. The van der Waals surface area contributed by atoms with Crippen LogP contribution in [0, 0.1) is 32.8 Å². The van der Waals surface area contributed by atoms with Gasteiger partial charge in [0.05, 0.1) is 31.8 Å². The van der Waals surface area contributed by atoms with Crippen LogP contribution in [-0.4, -0.2) is 93.3 Å². The Kier molecular flexibility index (Phi) is 9.37. The number of allylic oxidation sites excluding steroid dienone is 4. The molecule has 1 unspecified atom stereocenters. The van der Waals surface area contributed by atoms with Gasteiger partial charge in [0.2, 0.25) is 5.78 Å². The molecule has 15 heteroatoms. The number of esters is 2. The van der Waals surface area contributed by atoms with Crippen molar-refractivity contribution < 1.29 is 58.3 Å². The summed E-state index contributed by atoms with van der Waals surface area (Å²) in [6.45, 7) is 1.87. The van der Waals surface area contributed by atoms with Gasteiger partial charge < -0.3 is 35.4 Å². The van der Waals surface area contributed by atoms with Crippen LogP contribution in [0.25, 0.3) is 0 Å². The molecule has 0 aromatic rings. The van der Waals surface area contributed by atoms with Crippen molar-refractivity contribution in [1.29, 1.82) is 0 Å². The molecule has 0 bridgehead atoms. The number of aliphatic hydroxyl groups excluding tert-OH is 2. The Labute approximate surface area is 252 Å². The fourth-order valence-electron chi connectivity index (χ4n) is 7.93. The summed E-state index contributed by atoms with van der Waals surface area (Å²) in [6, 6.07) is -1.43. The molecule has 5 N–H and O–H groups in total. The fraction of sp³-hybridized carbons (Fsp3) is 0.724. The number of fused-ring (bicyclic) bond motifs is 5. The third kappa shape index (κ3) is 5.43. The molecule has 0 saturated heterocycles. The van der Waals surface area contributed by atoms with E-state index in [1.54, 1.807) is 6.92 Å². The van der Waals surface area contributed by atoms with E-state index in [0.29, 0.717) is 12.0 Å². The number of ether oxygens (including phenoxy) is 2. The fourth-order valence-corrected chi connectivity index (χ4v) is 7.93. The molecule has 0 radical (unpaired) electrons. The molecule has 4 aliphatic carbocycles. The van der Waals surface area contributed by atoms with E-state index < -0.39 is 88.0 Å². The van der Waals surface area contributed by atoms with E-state index in [4.69, 9.17) is 15.2 Å². The Morgan fingerprint density at radius 3 is 2.52 bits per heavy atom. The van der Waals surface area contributed by atoms with Crippen LogP contribution >= 0.6 is 0 Å². The summed E-state index contributed by atoms with van der Waals surface area (Å²) in [7, 11) is 0. The van der Waals surface area contributed by atoms with Gasteiger partial charge in [-0.2, -0.15) is 0 Å². The first-order chi connectivity index (χ1) is 20.5. The third-order valence-corrected chi connectivity index (χ3v) is 10.3. The predicted octanol–water partition coefficient (Wildman–Crippen LogP) is 0.421. The second-order valence-corrected chi connectivity index (χ2v) is 12.6. The molecule has 3 saturated carbocycles. The number of aliphatic hydroxyl groups is 3. The van der Waals surface area contributed by atoms with Crippen molar-refractivity contribution in [2.24, 2.45) is 28.4 Å². The summed E-state index contributed by atoms with van der Waals surface area (Å²) in [5.74, 6) is -4.89. The number of carbonyl (C=O) groups excluding carboxylic acids is 4. The molecular weight excluding hydrogens is 587 g/mol. The van der Waals surface area contributed by atoms with E-state index in [0.717, 1.165) is 0 Å². The largest absolute Gasteiger partial charge is 0.465 e. The van der Waals surface area contributed by atoms with Crippen molar-refractivity contribution in [2.45, 2.75) is 88.3 Å². The molecule has 0 aromatic carbocycles. The Balaban J connectivity index is 1.38. The normalized spacial score (nSPS) is 38.0. The standard InChI is InChI=1S/C29H39FN2O12/c1-26-8-7-17(33)11-16(26)5-6-18-19-12-21(34)29(39,27(19,2)14-22(35)28(18,26)30)23(36)15-43-24(37)13-20(31)25(38)42-9-3-4-10-44-32(40)41/h7-8,11,18-22,34-35,39H,3-6,9-10,12-15,31H2,1-2H3/t18-,19-,20?,21+,22-,26-,27-,28-,29-/m0/s1. The highest BCUT2D eigenvalue weighted by Crippen LogP contribution is 2.69. The van der Waals surface area contributed by atoms with Crippen LogP contribution < -0.4 is 5.73 Å². The number of unbranched alkanes of at least 4 members (excludes halogenated alkanes) is 1. The highest BCUT2D eigenvalue weighted by atomic mass is 19.1. The SMILES string of the molecule is C[C@]12C=CC(=O)C=C1CC[C@H]1[C@@H]3C[C@@H](O)[C@](O)(C(=O)COC(=O)CC(N)C(=O)OCCCCO[N+](=O)[O-])[C@@]3(C)C[C@H](O)[C@@]12F. The number of ketones is 2. The van der Waals surface area contributed by atoms with Gasteiger partial charge in [-0.3, -0.25) is 19.2 Å². The smallest absolute Gasteiger partial charge is 0.323 e. The van der Waals surface area contributed by atoms with Crippen molar-refractivity contribution in [1.82, 2.24) is 0 Å². The highest BCUT2D eigenvalue weighted by Gasteiger charge is 2.76. The van der Waals surface area contributed by atoms with Crippen molar-refractivity contribution in [2.75, 3.05) is 19.8 Å². The first-order valence-corrected chi connectivity index (χ1v) is 14.6. The van der Waals surface area contributed by atoms with Gasteiger partial charge in [0.25, 0.3) is 5.09 Å². The number of nitrogens with two attached hydrogens (primary N) is 1. The topological polar surface area (TPSA) is 226 Å². The van der Waals surface area contributed by atoms with Gasteiger partial charge in [0.1, 0.15) is 6.04 Å². The number of hydrogen-bond donors (Lipinski definition) is 4. The molecule has 9 atom stereocenters. The van der Waals surface area contributed by atoms with Crippen LogP contribution in [0.3, 0.4) is 0 Å². The molecule has 14 nitrogen and oxygen atoms in total. The summed E-state index contributed by atoms with van der Waals surface area (Å²) in [6.07, 6.45) is 0.738. The van der Waals surface area contributed by atoms with Crippen LogP contribution in [0.5, 0.6) is 0 Å². The van der Waals surface area contributed by atoms with E-state index in [1.165, 1.54) is 25.2 Å². The van der Waals surface area contributed by atoms with Crippen molar-refractivity contribution in [3.63, 3.8) is 0 Å². The monoisotopic (exact) mass is 626 g/mol. The predicted molar refractivity (Wildman–Crippen MR) is 146 cm³/mol.